The average molecular weight is 278 g/mol. The van der Waals surface area contributed by atoms with Gasteiger partial charge < -0.3 is 10.8 Å². The molecule has 0 saturated heterocycles. The van der Waals surface area contributed by atoms with Crippen LogP contribution in [0.3, 0.4) is 0 Å². The van der Waals surface area contributed by atoms with Crippen molar-refractivity contribution in [3.8, 4) is 5.75 Å². The first-order valence-electron chi connectivity index (χ1n) is 4.20. The van der Waals surface area contributed by atoms with Crippen LogP contribution in [0.1, 0.15) is 12.5 Å². The minimum Gasteiger partial charge on any atom is -0.506 e. The van der Waals surface area contributed by atoms with Gasteiger partial charge in [-0.1, -0.05) is 23.2 Å². The molecule has 4 nitrogen and oxygen atoms in total. The summed E-state index contributed by atoms with van der Waals surface area (Å²) in [6.07, 6.45) is 0. The van der Waals surface area contributed by atoms with E-state index in [4.69, 9.17) is 28.9 Å². The molecule has 1 rings (SSSR count). The van der Waals surface area contributed by atoms with E-state index in [9.17, 15) is 5.11 Å². The highest BCUT2D eigenvalue weighted by Gasteiger charge is 2.10. The molecule has 0 bridgehead atoms. The van der Waals surface area contributed by atoms with Crippen molar-refractivity contribution < 1.29 is 5.11 Å². The summed E-state index contributed by atoms with van der Waals surface area (Å²) in [5.41, 5.74) is 8.51. The lowest BCUT2D eigenvalue weighted by atomic mass is 10.1. The summed E-state index contributed by atoms with van der Waals surface area (Å²) >= 11 is 16.2. The SMILES string of the molecule is C/C(=N\NC(N)=S)c1cc(Cl)cc(Cl)c1O. The Morgan fingerprint density at radius 2 is 2.12 bits per heavy atom. The Bertz CT molecular complexity index is 462. The van der Waals surface area contributed by atoms with E-state index >= 15 is 0 Å². The van der Waals surface area contributed by atoms with Crippen LogP contribution in [-0.2, 0) is 0 Å². The normalized spacial score (nSPS) is 11.3. The largest absolute Gasteiger partial charge is 0.506 e. The van der Waals surface area contributed by atoms with E-state index in [1.807, 2.05) is 0 Å². The first kappa shape index (κ1) is 13.0. The molecular formula is C9H9Cl2N3OS. The number of benzene rings is 1. The van der Waals surface area contributed by atoms with Gasteiger partial charge in [0.15, 0.2) is 5.11 Å². The lowest BCUT2D eigenvalue weighted by molar-refractivity contribution is 0.474. The van der Waals surface area contributed by atoms with E-state index in [-0.39, 0.29) is 15.9 Å². The van der Waals surface area contributed by atoms with Gasteiger partial charge >= 0.3 is 0 Å². The molecule has 0 aromatic heterocycles. The highest BCUT2D eigenvalue weighted by molar-refractivity contribution is 7.80. The zero-order valence-electron chi connectivity index (χ0n) is 8.29. The van der Waals surface area contributed by atoms with Gasteiger partial charge in [-0.25, -0.2) is 0 Å². The Morgan fingerprint density at radius 3 is 2.69 bits per heavy atom. The van der Waals surface area contributed by atoms with E-state index < -0.39 is 0 Å². The molecule has 7 heteroatoms. The summed E-state index contributed by atoms with van der Waals surface area (Å²) in [4.78, 5) is 0. The molecule has 86 valence electrons. The predicted molar refractivity (Wildman–Crippen MR) is 70.3 cm³/mol. The van der Waals surface area contributed by atoms with E-state index in [1.54, 1.807) is 13.0 Å². The number of halogens is 2. The molecule has 0 heterocycles. The summed E-state index contributed by atoms with van der Waals surface area (Å²) in [6, 6.07) is 2.99. The summed E-state index contributed by atoms with van der Waals surface area (Å²) < 4.78 is 0. The van der Waals surface area contributed by atoms with Gasteiger partial charge in [0, 0.05) is 10.6 Å². The van der Waals surface area contributed by atoms with Crippen LogP contribution in [0, 0.1) is 0 Å². The Morgan fingerprint density at radius 1 is 1.50 bits per heavy atom. The van der Waals surface area contributed by atoms with Crippen LogP contribution in [0.5, 0.6) is 5.75 Å². The number of nitrogens with two attached hydrogens (primary N) is 1. The fourth-order valence-electron chi connectivity index (χ4n) is 1.04. The second-order valence-electron chi connectivity index (χ2n) is 2.96. The molecular weight excluding hydrogens is 269 g/mol. The van der Waals surface area contributed by atoms with Crippen LogP contribution in [-0.4, -0.2) is 15.9 Å². The summed E-state index contributed by atoms with van der Waals surface area (Å²) in [5.74, 6) is -0.0861. The van der Waals surface area contributed by atoms with Crippen molar-refractivity contribution >= 4 is 46.2 Å². The van der Waals surface area contributed by atoms with Crippen molar-refractivity contribution in [2.45, 2.75) is 6.92 Å². The average Bonchev–Trinajstić information content (AvgIpc) is 2.19. The topological polar surface area (TPSA) is 70.6 Å². The van der Waals surface area contributed by atoms with Crippen molar-refractivity contribution in [3.63, 3.8) is 0 Å². The fourth-order valence-corrected chi connectivity index (χ4v) is 1.58. The maximum absolute atomic E-state index is 9.69. The number of rotatable bonds is 2. The van der Waals surface area contributed by atoms with Gasteiger partial charge in [-0.15, -0.1) is 0 Å². The minimum absolute atomic E-state index is 0.0342. The first-order chi connectivity index (χ1) is 7.41. The number of aromatic hydroxyl groups is 1. The molecule has 0 amide bonds. The van der Waals surface area contributed by atoms with Crippen LogP contribution in [0.25, 0.3) is 0 Å². The van der Waals surface area contributed by atoms with Gasteiger partial charge in [-0.05, 0) is 31.3 Å². The predicted octanol–water partition coefficient (Wildman–Crippen LogP) is 2.26. The molecule has 0 radical (unpaired) electrons. The third-order valence-corrected chi connectivity index (χ3v) is 2.35. The van der Waals surface area contributed by atoms with Gasteiger partial charge in [0.05, 0.1) is 10.7 Å². The molecule has 0 saturated carbocycles. The number of nitrogens with one attached hydrogen (secondary N) is 1. The first-order valence-corrected chi connectivity index (χ1v) is 5.36. The second-order valence-corrected chi connectivity index (χ2v) is 4.24. The van der Waals surface area contributed by atoms with Crippen molar-refractivity contribution in [2.24, 2.45) is 10.8 Å². The van der Waals surface area contributed by atoms with Gasteiger partial charge in [-0.2, -0.15) is 5.10 Å². The number of hydrogen-bond donors (Lipinski definition) is 3. The van der Waals surface area contributed by atoms with Crippen molar-refractivity contribution in [1.29, 1.82) is 0 Å². The number of phenolic OH excluding ortho intramolecular Hbond substituents is 1. The summed E-state index contributed by atoms with van der Waals surface area (Å²) in [5, 5.41) is 14.2. The molecule has 0 aliphatic heterocycles. The maximum atomic E-state index is 9.69. The Labute approximate surface area is 108 Å². The monoisotopic (exact) mass is 277 g/mol. The van der Waals surface area contributed by atoms with E-state index in [2.05, 4.69) is 22.7 Å². The quantitative estimate of drug-likeness (QED) is 0.441. The number of hydrazone groups is 1. The Kier molecular flexibility index (Phi) is 4.35. The molecule has 4 N–H and O–H groups in total. The van der Waals surface area contributed by atoms with E-state index in [0.29, 0.717) is 16.3 Å². The molecule has 0 atom stereocenters. The van der Waals surface area contributed by atoms with E-state index in [0.717, 1.165) is 0 Å². The zero-order valence-corrected chi connectivity index (χ0v) is 10.6. The molecule has 0 fully saturated rings. The van der Waals surface area contributed by atoms with Crippen LogP contribution in [0.15, 0.2) is 17.2 Å². The number of hydrogen-bond acceptors (Lipinski definition) is 3. The molecule has 1 aromatic rings. The maximum Gasteiger partial charge on any atom is 0.184 e. The third-order valence-electron chi connectivity index (χ3n) is 1.75. The standard InChI is InChI=1S/C9H9Cl2N3OS/c1-4(13-14-9(12)16)6-2-5(10)3-7(11)8(6)15/h2-3,15H,1H3,(H3,12,14,16)/b13-4+. The summed E-state index contributed by atoms with van der Waals surface area (Å²) in [6.45, 7) is 1.66. The van der Waals surface area contributed by atoms with Gasteiger partial charge in [0.2, 0.25) is 0 Å². The number of phenols is 1. The lowest BCUT2D eigenvalue weighted by Crippen LogP contribution is -2.25. The smallest absolute Gasteiger partial charge is 0.184 e. The Hall–Kier alpha value is -1.04. The Balaban J connectivity index is 3.12. The minimum atomic E-state index is -0.0861. The fraction of sp³-hybridized carbons (Fsp3) is 0.111. The van der Waals surface area contributed by atoms with Crippen molar-refractivity contribution in [3.05, 3.63) is 27.7 Å². The van der Waals surface area contributed by atoms with Crippen molar-refractivity contribution in [2.75, 3.05) is 0 Å². The van der Waals surface area contributed by atoms with Gasteiger partial charge in [0.25, 0.3) is 0 Å². The zero-order chi connectivity index (χ0) is 12.3. The van der Waals surface area contributed by atoms with Crippen molar-refractivity contribution in [1.82, 2.24) is 5.43 Å². The molecule has 0 aliphatic carbocycles. The molecule has 0 unspecified atom stereocenters. The van der Waals surface area contributed by atoms with Crippen LogP contribution < -0.4 is 11.2 Å². The highest BCUT2D eigenvalue weighted by Crippen LogP contribution is 2.31. The van der Waals surface area contributed by atoms with Gasteiger partial charge in [-0.3, -0.25) is 5.43 Å². The number of thiocarbonyl (C=S) groups is 1. The third kappa shape index (κ3) is 3.23. The number of nitrogens with zero attached hydrogens (tertiary/aromatic N) is 1. The highest BCUT2D eigenvalue weighted by atomic mass is 35.5. The van der Waals surface area contributed by atoms with Crippen LogP contribution in [0.4, 0.5) is 0 Å². The van der Waals surface area contributed by atoms with Crippen LogP contribution >= 0.6 is 35.4 Å². The molecule has 0 aliphatic rings. The summed E-state index contributed by atoms with van der Waals surface area (Å²) in [7, 11) is 0. The molecule has 1 aromatic carbocycles. The molecule has 0 spiro atoms. The van der Waals surface area contributed by atoms with Gasteiger partial charge in [0.1, 0.15) is 5.75 Å². The second kappa shape index (κ2) is 5.34. The lowest BCUT2D eigenvalue weighted by Gasteiger charge is -2.07. The van der Waals surface area contributed by atoms with Crippen LogP contribution in [0.2, 0.25) is 10.0 Å². The molecule has 16 heavy (non-hydrogen) atoms. The van der Waals surface area contributed by atoms with E-state index in [1.165, 1.54) is 6.07 Å².